The minimum Gasteiger partial charge on any atom is -0.490 e. The molecule has 9 heteroatoms. The number of β-amino-alcohol motifs (C(OH)–C–C–N with tert-alkyl or cyclic N) is 1. The number of nitrogens with zero attached hydrogens (tertiary/aromatic N) is 2. The molecule has 29 heavy (non-hydrogen) atoms. The van der Waals surface area contributed by atoms with Crippen LogP contribution >= 0.6 is 0 Å². The van der Waals surface area contributed by atoms with Crippen molar-refractivity contribution in [1.82, 2.24) is 9.80 Å². The molecule has 0 bridgehead atoms. The van der Waals surface area contributed by atoms with Crippen LogP contribution in [0.25, 0.3) is 0 Å². The summed E-state index contributed by atoms with van der Waals surface area (Å²) in [6, 6.07) is 3.11. The molecule has 1 aromatic carbocycles. The standard InChI is InChI=1S/C20H28F2N2O5/c1-2-28-19(25)23-5-3-17(4-6-23)24-7-8-27-13-20(26,12-24)14-29-18-10-15(21)9-16(22)11-18/h9-11,17,26H,2-8,12-14H2,1H3/t20-/m0/s1. The molecule has 1 amide bonds. The van der Waals surface area contributed by atoms with Crippen LogP contribution in [0.5, 0.6) is 5.75 Å². The van der Waals surface area contributed by atoms with Gasteiger partial charge in [-0.2, -0.15) is 0 Å². The summed E-state index contributed by atoms with van der Waals surface area (Å²) in [6.07, 6.45) is 1.24. The van der Waals surface area contributed by atoms with E-state index in [-0.39, 0.29) is 31.1 Å². The molecule has 0 radical (unpaired) electrons. The number of halogens is 2. The Bertz CT molecular complexity index is 679. The zero-order valence-electron chi connectivity index (χ0n) is 16.6. The maximum absolute atomic E-state index is 13.3. The van der Waals surface area contributed by atoms with Gasteiger partial charge < -0.3 is 24.2 Å². The molecular weight excluding hydrogens is 386 g/mol. The Labute approximate surface area is 169 Å². The first-order valence-electron chi connectivity index (χ1n) is 9.93. The zero-order chi connectivity index (χ0) is 20.9. The van der Waals surface area contributed by atoms with E-state index < -0.39 is 17.2 Å². The van der Waals surface area contributed by atoms with E-state index in [0.29, 0.717) is 39.4 Å². The minimum atomic E-state index is -1.31. The van der Waals surface area contributed by atoms with E-state index in [0.717, 1.165) is 31.0 Å². The third kappa shape index (κ3) is 6.01. The van der Waals surface area contributed by atoms with Crippen LogP contribution in [-0.2, 0) is 9.47 Å². The van der Waals surface area contributed by atoms with Crippen molar-refractivity contribution in [3.63, 3.8) is 0 Å². The van der Waals surface area contributed by atoms with Gasteiger partial charge in [0.1, 0.15) is 29.6 Å². The third-order valence-corrected chi connectivity index (χ3v) is 5.24. The number of carbonyl (C=O) groups excluding carboxylic acids is 1. The summed E-state index contributed by atoms with van der Waals surface area (Å²) in [4.78, 5) is 15.7. The fraction of sp³-hybridized carbons (Fsp3) is 0.650. The first-order valence-corrected chi connectivity index (χ1v) is 9.93. The van der Waals surface area contributed by atoms with Crippen LogP contribution in [0.4, 0.5) is 13.6 Å². The molecule has 1 N–H and O–H groups in total. The van der Waals surface area contributed by atoms with E-state index in [1.807, 2.05) is 0 Å². The second-order valence-electron chi connectivity index (χ2n) is 7.56. The zero-order valence-corrected chi connectivity index (χ0v) is 16.6. The summed E-state index contributed by atoms with van der Waals surface area (Å²) >= 11 is 0. The molecule has 2 saturated heterocycles. The summed E-state index contributed by atoms with van der Waals surface area (Å²) in [6.45, 7) is 4.69. The molecule has 1 aromatic rings. The molecule has 162 valence electrons. The van der Waals surface area contributed by atoms with Crippen molar-refractivity contribution in [1.29, 1.82) is 0 Å². The van der Waals surface area contributed by atoms with Crippen LogP contribution in [0.15, 0.2) is 18.2 Å². The Morgan fingerprint density at radius 2 is 1.93 bits per heavy atom. The molecular formula is C20H28F2N2O5. The highest BCUT2D eigenvalue weighted by molar-refractivity contribution is 5.67. The number of piperidine rings is 1. The van der Waals surface area contributed by atoms with Crippen LogP contribution in [-0.4, -0.2) is 85.2 Å². The third-order valence-electron chi connectivity index (χ3n) is 5.24. The Kier molecular flexibility index (Phi) is 7.26. The predicted octanol–water partition coefficient (Wildman–Crippen LogP) is 2.03. The highest BCUT2D eigenvalue weighted by atomic mass is 19.1. The molecule has 0 unspecified atom stereocenters. The molecule has 0 aromatic heterocycles. The molecule has 2 fully saturated rings. The lowest BCUT2D eigenvalue weighted by Crippen LogP contribution is -2.54. The second-order valence-corrected chi connectivity index (χ2v) is 7.56. The van der Waals surface area contributed by atoms with Crippen molar-refractivity contribution in [2.45, 2.75) is 31.4 Å². The smallest absolute Gasteiger partial charge is 0.409 e. The monoisotopic (exact) mass is 414 g/mol. The fourth-order valence-electron chi connectivity index (χ4n) is 3.80. The van der Waals surface area contributed by atoms with Gasteiger partial charge in [0, 0.05) is 50.4 Å². The molecule has 0 spiro atoms. The Balaban J connectivity index is 1.57. The van der Waals surface area contributed by atoms with Gasteiger partial charge in [-0.15, -0.1) is 0 Å². The van der Waals surface area contributed by atoms with Crippen molar-refractivity contribution in [2.24, 2.45) is 0 Å². The number of amides is 1. The summed E-state index contributed by atoms with van der Waals surface area (Å²) in [5.41, 5.74) is -1.31. The van der Waals surface area contributed by atoms with Gasteiger partial charge in [0.05, 0.1) is 19.8 Å². The highest BCUT2D eigenvalue weighted by Crippen LogP contribution is 2.23. The van der Waals surface area contributed by atoms with Crippen LogP contribution < -0.4 is 4.74 Å². The van der Waals surface area contributed by atoms with Crippen LogP contribution in [0.1, 0.15) is 19.8 Å². The lowest BCUT2D eigenvalue weighted by atomic mass is 10.00. The second kappa shape index (κ2) is 9.69. The SMILES string of the molecule is CCOC(=O)N1CCC(N2CCOC[C@](O)(COc3cc(F)cc(F)c3)C2)CC1. The number of carbonyl (C=O) groups is 1. The van der Waals surface area contributed by atoms with Crippen molar-refractivity contribution >= 4 is 6.09 Å². The van der Waals surface area contributed by atoms with Gasteiger partial charge in [-0.1, -0.05) is 0 Å². The average molecular weight is 414 g/mol. The number of likely N-dealkylation sites (tertiary alicyclic amines) is 1. The van der Waals surface area contributed by atoms with Crippen molar-refractivity contribution in [3.8, 4) is 5.75 Å². The normalized spacial score (nSPS) is 24.2. The number of hydrogen-bond acceptors (Lipinski definition) is 6. The van der Waals surface area contributed by atoms with Crippen LogP contribution in [0.2, 0.25) is 0 Å². The van der Waals surface area contributed by atoms with Crippen molar-refractivity contribution in [3.05, 3.63) is 29.8 Å². The van der Waals surface area contributed by atoms with Gasteiger partial charge in [-0.25, -0.2) is 13.6 Å². The van der Waals surface area contributed by atoms with Gasteiger partial charge in [0.15, 0.2) is 0 Å². The maximum Gasteiger partial charge on any atom is 0.409 e. The van der Waals surface area contributed by atoms with Gasteiger partial charge in [0.25, 0.3) is 0 Å². The summed E-state index contributed by atoms with van der Waals surface area (Å²) in [5, 5.41) is 11.0. The summed E-state index contributed by atoms with van der Waals surface area (Å²) in [5.74, 6) is -1.45. The Morgan fingerprint density at radius 3 is 2.59 bits per heavy atom. The molecule has 0 aliphatic carbocycles. The molecule has 2 heterocycles. The molecule has 1 atom stereocenters. The van der Waals surface area contributed by atoms with E-state index in [2.05, 4.69) is 4.90 Å². The summed E-state index contributed by atoms with van der Waals surface area (Å²) in [7, 11) is 0. The number of benzene rings is 1. The van der Waals surface area contributed by atoms with Crippen LogP contribution in [0, 0.1) is 11.6 Å². The lowest BCUT2D eigenvalue weighted by Gasteiger charge is -2.39. The molecule has 7 nitrogen and oxygen atoms in total. The molecule has 3 rings (SSSR count). The topological polar surface area (TPSA) is 71.5 Å². The van der Waals surface area contributed by atoms with E-state index in [4.69, 9.17) is 14.2 Å². The van der Waals surface area contributed by atoms with Gasteiger partial charge >= 0.3 is 6.09 Å². The number of ether oxygens (including phenoxy) is 3. The Morgan fingerprint density at radius 1 is 1.24 bits per heavy atom. The molecule has 2 aliphatic heterocycles. The summed E-state index contributed by atoms with van der Waals surface area (Å²) < 4.78 is 42.8. The van der Waals surface area contributed by atoms with Gasteiger partial charge in [0.2, 0.25) is 0 Å². The quantitative estimate of drug-likeness (QED) is 0.795. The Hall–Kier alpha value is -1.97. The van der Waals surface area contributed by atoms with Crippen molar-refractivity contribution in [2.75, 3.05) is 52.6 Å². The number of rotatable bonds is 5. The van der Waals surface area contributed by atoms with Gasteiger partial charge in [-0.3, -0.25) is 4.90 Å². The van der Waals surface area contributed by atoms with E-state index in [1.54, 1.807) is 11.8 Å². The highest BCUT2D eigenvalue weighted by Gasteiger charge is 2.37. The molecule has 2 aliphatic rings. The lowest BCUT2D eigenvalue weighted by molar-refractivity contribution is -0.0689. The largest absolute Gasteiger partial charge is 0.490 e. The minimum absolute atomic E-state index is 0.0227. The fourth-order valence-corrected chi connectivity index (χ4v) is 3.80. The first kappa shape index (κ1) is 21.7. The van der Waals surface area contributed by atoms with E-state index >= 15 is 0 Å². The van der Waals surface area contributed by atoms with Crippen LogP contribution in [0.3, 0.4) is 0 Å². The average Bonchev–Trinajstić information content (AvgIpc) is 2.88. The molecule has 0 saturated carbocycles. The van der Waals surface area contributed by atoms with Gasteiger partial charge in [-0.05, 0) is 19.8 Å². The predicted molar refractivity (Wildman–Crippen MR) is 101 cm³/mol. The maximum atomic E-state index is 13.3. The van der Waals surface area contributed by atoms with E-state index in [1.165, 1.54) is 0 Å². The van der Waals surface area contributed by atoms with Crippen molar-refractivity contribution < 1.29 is 32.9 Å². The first-order chi connectivity index (χ1) is 13.9. The number of hydrogen-bond donors (Lipinski definition) is 1. The number of aliphatic hydroxyl groups is 1. The van der Waals surface area contributed by atoms with E-state index in [9.17, 15) is 18.7 Å².